The molecule has 35 valence electrons. The van der Waals surface area contributed by atoms with Crippen molar-refractivity contribution in [2.24, 2.45) is 0 Å². The highest BCUT2D eigenvalue weighted by Crippen LogP contribution is 2.00. The van der Waals surface area contributed by atoms with Crippen molar-refractivity contribution in [1.29, 1.82) is 0 Å². The van der Waals surface area contributed by atoms with E-state index in [0.717, 1.165) is 6.92 Å². The summed E-state index contributed by atoms with van der Waals surface area (Å²) in [5.74, 6) is -1.30. The number of rotatable bonds is 0. The second-order valence-corrected chi connectivity index (χ2v) is 0.807. The zero-order chi connectivity index (χ0) is 5.15. The predicted molar refractivity (Wildman–Crippen MR) is 15.6 cm³/mol. The van der Waals surface area contributed by atoms with Crippen LogP contribution in [-0.4, -0.2) is 0 Å². The molecule has 0 aromatic rings. The van der Waals surface area contributed by atoms with Gasteiger partial charge in [-0.1, -0.05) is 0 Å². The second kappa shape index (κ2) is 1.74. The zero-order valence-corrected chi connectivity index (χ0v) is 3.16. The fourth-order valence-corrected chi connectivity index (χ4v) is 0. The van der Waals surface area contributed by atoms with Crippen molar-refractivity contribution >= 4 is 0 Å². The molecule has 0 rings (SSSR count). The van der Waals surface area contributed by atoms with Gasteiger partial charge in [0.15, 0.2) is 5.83 Å². The normalized spacial score (nSPS) is 13.8. The number of hydrogen-bond acceptors (Lipinski definition) is 0. The molecule has 1 nitrogen and oxygen atoms in total. The Hall–Kier alpha value is -0.600. The highest BCUT2D eigenvalue weighted by atomic mass is 19.2. The van der Waals surface area contributed by atoms with Crippen LogP contribution in [-0.2, 0) is 5.11 Å². The van der Waals surface area contributed by atoms with Gasteiger partial charge in [0, 0.05) is 0 Å². The quantitative estimate of drug-likeness (QED) is 0.405. The molecule has 0 spiro atoms. The largest absolute Gasteiger partial charge is 0.355 e. The van der Waals surface area contributed by atoms with Crippen molar-refractivity contribution in [3.63, 3.8) is 0 Å². The minimum absolute atomic E-state index is 0.766. The van der Waals surface area contributed by atoms with Gasteiger partial charge in [-0.25, -0.2) is 4.39 Å². The molecule has 1 radical (unpaired) electrons. The van der Waals surface area contributed by atoms with Gasteiger partial charge in [0.25, 0.3) is 0 Å². The van der Waals surface area contributed by atoms with Gasteiger partial charge >= 0.3 is 6.01 Å². The van der Waals surface area contributed by atoms with Gasteiger partial charge in [-0.3, -0.25) is 5.11 Å². The summed E-state index contributed by atoms with van der Waals surface area (Å²) in [5, 5.41) is 9.06. The van der Waals surface area contributed by atoms with E-state index in [1.54, 1.807) is 0 Å². The maximum atomic E-state index is 11.0. The van der Waals surface area contributed by atoms with Crippen molar-refractivity contribution < 1.29 is 13.9 Å². The van der Waals surface area contributed by atoms with E-state index in [1.165, 1.54) is 0 Å². The van der Waals surface area contributed by atoms with E-state index in [0.29, 0.717) is 0 Å². The highest BCUT2D eigenvalue weighted by molar-refractivity contribution is 4.83. The van der Waals surface area contributed by atoms with Crippen molar-refractivity contribution in [2.75, 3.05) is 0 Å². The SMILES string of the molecule is CC(F)=C([O])F. The van der Waals surface area contributed by atoms with E-state index in [4.69, 9.17) is 5.11 Å². The van der Waals surface area contributed by atoms with Crippen molar-refractivity contribution in [3.05, 3.63) is 11.8 Å². The molecule has 0 saturated carbocycles. The number of halogens is 2. The molecule has 0 aliphatic rings. The summed E-state index contributed by atoms with van der Waals surface area (Å²) in [5.41, 5.74) is 0. The summed E-state index contributed by atoms with van der Waals surface area (Å²) >= 11 is 0. The molecule has 0 fully saturated rings. The summed E-state index contributed by atoms with van der Waals surface area (Å²) in [7, 11) is 0. The molecule has 0 aliphatic heterocycles. The molecule has 0 aromatic heterocycles. The number of allylic oxidation sites excluding steroid dienone is 1. The number of hydrogen-bond donors (Lipinski definition) is 0. The highest BCUT2D eigenvalue weighted by Gasteiger charge is 1.94. The van der Waals surface area contributed by atoms with Crippen LogP contribution in [0.1, 0.15) is 6.92 Å². The Labute approximate surface area is 33.9 Å². The van der Waals surface area contributed by atoms with Crippen LogP contribution in [0.15, 0.2) is 11.8 Å². The summed E-state index contributed by atoms with van der Waals surface area (Å²) in [6.07, 6.45) is 0. The molecule has 0 amide bonds. The molecule has 0 aliphatic carbocycles. The monoisotopic (exact) mass is 93.0 g/mol. The van der Waals surface area contributed by atoms with E-state index >= 15 is 0 Å². The van der Waals surface area contributed by atoms with E-state index in [1.807, 2.05) is 0 Å². The average molecular weight is 93.1 g/mol. The second-order valence-electron chi connectivity index (χ2n) is 0.807. The third-order valence-electron chi connectivity index (χ3n) is 0.271. The summed E-state index contributed by atoms with van der Waals surface area (Å²) in [6.45, 7) is 0.766. The molecule has 6 heavy (non-hydrogen) atoms. The van der Waals surface area contributed by atoms with Gasteiger partial charge in [-0.05, 0) is 6.92 Å². The van der Waals surface area contributed by atoms with Crippen LogP contribution in [0.25, 0.3) is 0 Å². The third-order valence-corrected chi connectivity index (χ3v) is 0.271. The first-order valence-corrected chi connectivity index (χ1v) is 1.33. The summed E-state index contributed by atoms with van der Waals surface area (Å²) in [4.78, 5) is 0. The van der Waals surface area contributed by atoms with Crippen molar-refractivity contribution in [2.45, 2.75) is 6.92 Å². The first kappa shape index (κ1) is 5.40. The Morgan fingerprint density at radius 2 is 1.67 bits per heavy atom. The lowest BCUT2D eigenvalue weighted by atomic mass is 10.7. The minimum Gasteiger partial charge on any atom is -0.253 e. The molecule has 0 heterocycles. The van der Waals surface area contributed by atoms with E-state index in [9.17, 15) is 8.78 Å². The molecule has 0 unspecified atom stereocenters. The lowest BCUT2D eigenvalue weighted by Gasteiger charge is -1.72. The van der Waals surface area contributed by atoms with Crippen LogP contribution in [0, 0.1) is 0 Å². The maximum absolute atomic E-state index is 11.0. The Bertz CT molecular complexity index is 58.9. The van der Waals surface area contributed by atoms with Gasteiger partial charge in [0.2, 0.25) is 0 Å². The van der Waals surface area contributed by atoms with Gasteiger partial charge < -0.3 is 0 Å². The third kappa shape index (κ3) is 1.69. The molecule has 0 bridgehead atoms. The molecular weight excluding hydrogens is 90.0 g/mol. The summed E-state index contributed by atoms with van der Waals surface area (Å²) < 4.78 is 21.8. The molecular formula is C3H3F2O. The first-order chi connectivity index (χ1) is 2.64. The molecule has 0 N–H and O–H groups in total. The maximum Gasteiger partial charge on any atom is 0.355 e. The van der Waals surface area contributed by atoms with E-state index in [2.05, 4.69) is 0 Å². The predicted octanol–water partition coefficient (Wildman–Crippen LogP) is 1.54. The molecule has 0 atom stereocenters. The first-order valence-electron chi connectivity index (χ1n) is 1.33. The topological polar surface area (TPSA) is 19.9 Å². The molecule has 0 aromatic carbocycles. The Kier molecular flexibility index (Phi) is 1.57. The smallest absolute Gasteiger partial charge is 0.253 e. The van der Waals surface area contributed by atoms with Gasteiger partial charge in [0.1, 0.15) is 0 Å². The fourth-order valence-electron chi connectivity index (χ4n) is 0. The fraction of sp³-hybridized carbons (Fsp3) is 0.333. The standard InChI is InChI=1S/C3H3F2O/c1-2(4)3(5)6/h1H3. The Balaban J connectivity index is 3.68. The lowest BCUT2D eigenvalue weighted by Crippen LogP contribution is -1.64. The van der Waals surface area contributed by atoms with Gasteiger partial charge in [-0.2, -0.15) is 4.39 Å². The van der Waals surface area contributed by atoms with Crippen LogP contribution in [0.2, 0.25) is 0 Å². The van der Waals surface area contributed by atoms with E-state index < -0.39 is 11.8 Å². The van der Waals surface area contributed by atoms with Crippen LogP contribution in [0.5, 0.6) is 0 Å². The molecule has 3 heteroatoms. The van der Waals surface area contributed by atoms with Crippen LogP contribution in [0.4, 0.5) is 8.78 Å². The zero-order valence-electron chi connectivity index (χ0n) is 3.16. The van der Waals surface area contributed by atoms with Crippen molar-refractivity contribution in [3.8, 4) is 0 Å². The Morgan fingerprint density at radius 3 is 1.67 bits per heavy atom. The van der Waals surface area contributed by atoms with Crippen molar-refractivity contribution in [1.82, 2.24) is 0 Å². The average Bonchev–Trinajstić information content (AvgIpc) is 1.36. The lowest BCUT2D eigenvalue weighted by molar-refractivity contribution is 0.182. The van der Waals surface area contributed by atoms with Gasteiger partial charge in [0.05, 0.1) is 0 Å². The summed E-state index contributed by atoms with van der Waals surface area (Å²) in [6, 6.07) is -1.99. The minimum atomic E-state index is -1.99. The van der Waals surface area contributed by atoms with Crippen LogP contribution >= 0.6 is 0 Å². The van der Waals surface area contributed by atoms with Crippen LogP contribution in [0.3, 0.4) is 0 Å². The molecule has 0 saturated heterocycles. The van der Waals surface area contributed by atoms with Crippen LogP contribution < -0.4 is 0 Å². The van der Waals surface area contributed by atoms with E-state index in [-0.39, 0.29) is 0 Å². The Morgan fingerprint density at radius 1 is 1.50 bits per heavy atom. The van der Waals surface area contributed by atoms with Gasteiger partial charge in [-0.15, -0.1) is 0 Å².